The van der Waals surface area contributed by atoms with Crippen LogP contribution in [0.4, 0.5) is 17.1 Å². The lowest BCUT2D eigenvalue weighted by Gasteiger charge is -2.32. The van der Waals surface area contributed by atoms with E-state index in [4.69, 9.17) is 4.42 Å². The molecule has 13 rings (SSSR count). The van der Waals surface area contributed by atoms with Gasteiger partial charge in [0.1, 0.15) is 11.2 Å². The van der Waals surface area contributed by atoms with Crippen molar-refractivity contribution in [2.24, 2.45) is 0 Å². The third-order valence-electron chi connectivity index (χ3n) is 13.9. The van der Waals surface area contributed by atoms with Crippen molar-refractivity contribution in [3.05, 3.63) is 234 Å². The maximum absolute atomic E-state index is 6.93. The summed E-state index contributed by atoms with van der Waals surface area (Å²) in [7, 11) is 0. The summed E-state index contributed by atoms with van der Waals surface area (Å²) in [5, 5.41) is 2.20. The molecule has 2 nitrogen and oxygen atoms in total. The van der Waals surface area contributed by atoms with Gasteiger partial charge in [-0.3, -0.25) is 0 Å². The van der Waals surface area contributed by atoms with Crippen LogP contribution in [0.15, 0.2) is 205 Å². The van der Waals surface area contributed by atoms with E-state index >= 15 is 0 Å². The molecule has 3 aliphatic rings. The molecular weight excluding hydrogens is 727 g/mol. The van der Waals surface area contributed by atoms with Crippen molar-refractivity contribution in [3.63, 3.8) is 0 Å². The van der Waals surface area contributed by atoms with Crippen LogP contribution in [0.1, 0.15) is 47.2 Å². The number of anilines is 3. The first kappa shape index (κ1) is 33.5. The van der Waals surface area contributed by atoms with Gasteiger partial charge in [-0.25, -0.2) is 0 Å². The number of furan rings is 1. The standard InChI is InChI=1S/C58H39NO/c1-57(2)45-25-10-6-19-39(45)42-34-33-37(35-50(42)57)59(52-31-16-32-53-55(52)44-24-14-23-38(56(44)60-53)36-17-4-3-5-18-36)51-30-15-29-49-54(51)43-22-9-13-28-48(43)58(49)46-26-11-7-20-40(46)41-21-8-12-27-47(41)58/h3-35H,1-2H3. The van der Waals surface area contributed by atoms with Gasteiger partial charge in [0.05, 0.1) is 22.2 Å². The predicted molar refractivity (Wildman–Crippen MR) is 248 cm³/mol. The van der Waals surface area contributed by atoms with Gasteiger partial charge < -0.3 is 9.32 Å². The van der Waals surface area contributed by atoms with E-state index in [1.54, 1.807) is 0 Å². The number of para-hydroxylation sites is 1. The zero-order valence-electron chi connectivity index (χ0n) is 33.4. The van der Waals surface area contributed by atoms with Crippen LogP contribution >= 0.6 is 0 Å². The molecule has 1 heterocycles. The van der Waals surface area contributed by atoms with Crippen LogP contribution in [0.5, 0.6) is 0 Å². The first-order valence-corrected chi connectivity index (χ1v) is 21.0. The summed E-state index contributed by atoms with van der Waals surface area (Å²) < 4.78 is 6.93. The number of nitrogens with zero attached hydrogens (tertiary/aromatic N) is 1. The van der Waals surface area contributed by atoms with Crippen LogP contribution < -0.4 is 4.90 Å². The van der Waals surface area contributed by atoms with Gasteiger partial charge in [0.2, 0.25) is 0 Å². The fraction of sp³-hybridized carbons (Fsp3) is 0.0690. The molecule has 282 valence electrons. The Morgan fingerprint density at radius 1 is 0.400 bits per heavy atom. The Bertz CT molecular complexity index is 3380. The van der Waals surface area contributed by atoms with E-state index in [0.717, 1.165) is 50.1 Å². The van der Waals surface area contributed by atoms with Crippen molar-refractivity contribution in [2.45, 2.75) is 24.7 Å². The van der Waals surface area contributed by atoms with E-state index in [0.29, 0.717) is 0 Å². The molecule has 0 N–H and O–H groups in total. The van der Waals surface area contributed by atoms with Crippen molar-refractivity contribution in [2.75, 3.05) is 4.90 Å². The highest BCUT2D eigenvalue weighted by Gasteiger charge is 2.52. The van der Waals surface area contributed by atoms with Crippen LogP contribution in [0.3, 0.4) is 0 Å². The highest BCUT2D eigenvalue weighted by Crippen LogP contribution is 2.65. The number of fused-ring (bicyclic) bond motifs is 16. The summed E-state index contributed by atoms with van der Waals surface area (Å²) in [5.74, 6) is 0. The van der Waals surface area contributed by atoms with E-state index < -0.39 is 5.41 Å². The van der Waals surface area contributed by atoms with E-state index in [-0.39, 0.29) is 5.41 Å². The summed E-state index contributed by atoms with van der Waals surface area (Å²) in [5.41, 5.74) is 22.5. The van der Waals surface area contributed by atoms with E-state index in [2.05, 4.69) is 219 Å². The maximum Gasteiger partial charge on any atom is 0.143 e. The van der Waals surface area contributed by atoms with Gasteiger partial charge in [-0.05, 0) is 97.1 Å². The van der Waals surface area contributed by atoms with E-state index in [1.807, 2.05) is 0 Å². The third-order valence-corrected chi connectivity index (χ3v) is 13.9. The van der Waals surface area contributed by atoms with Crippen molar-refractivity contribution >= 4 is 39.0 Å². The van der Waals surface area contributed by atoms with Crippen molar-refractivity contribution in [1.82, 2.24) is 0 Å². The van der Waals surface area contributed by atoms with Crippen LogP contribution in [0.2, 0.25) is 0 Å². The SMILES string of the molecule is CC1(C)c2ccccc2-c2ccc(N(c3cccc4c3-c3ccccc3C43c4ccccc4-c4ccccc43)c3cccc4oc5c(-c6ccccc6)cccc5c34)cc21. The van der Waals surface area contributed by atoms with Gasteiger partial charge in [-0.1, -0.05) is 184 Å². The van der Waals surface area contributed by atoms with Crippen LogP contribution in [-0.2, 0) is 10.8 Å². The lowest BCUT2D eigenvalue weighted by atomic mass is 9.70. The first-order valence-electron chi connectivity index (χ1n) is 21.0. The molecule has 60 heavy (non-hydrogen) atoms. The minimum Gasteiger partial charge on any atom is -0.455 e. The lowest BCUT2D eigenvalue weighted by molar-refractivity contribution is 0.660. The highest BCUT2D eigenvalue weighted by molar-refractivity contribution is 6.17. The Labute approximate surface area is 349 Å². The quantitative estimate of drug-likeness (QED) is 0.177. The summed E-state index contributed by atoms with van der Waals surface area (Å²) in [6, 6.07) is 74.1. The van der Waals surface area contributed by atoms with Crippen LogP contribution in [0.25, 0.3) is 66.4 Å². The molecular formula is C58H39NO. The molecule has 9 aromatic carbocycles. The fourth-order valence-electron chi connectivity index (χ4n) is 11.4. The Morgan fingerprint density at radius 3 is 1.67 bits per heavy atom. The van der Waals surface area contributed by atoms with Gasteiger partial charge >= 0.3 is 0 Å². The molecule has 1 spiro atoms. The monoisotopic (exact) mass is 765 g/mol. The second-order valence-corrected chi connectivity index (χ2v) is 17.1. The Balaban J connectivity index is 1.14. The molecule has 3 aliphatic carbocycles. The molecule has 1 aromatic heterocycles. The molecule has 10 aromatic rings. The third kappa shape index (κ3) is 4.22. The molecule has 0 saturated heterocycles. The van der Waals surface area contributed by atoms with E-state index in [9.17, 15) is 0 Å². The van der Waals surface area contributed by atoms with Gasteiger partial charge in [-0.2, -0.15) is 0 Å². The van der Waals surface area contributed by atoms with Gasteiger partial charge in [0, 0.05) is 27.6 Å². The summed E-state index contributed by atoms with van der Waals surface area (Å²) in [4.78, 5) is 2.53. The highest BCUT2D eigenvalue weighted by atomic mass is 16.3. The zero-order chi connectivity index (χ0) is 39.7. The summed E-state index contributed by atoms with van der Waals surface area (Å²) in [6.07, 6.45) is 0. The topological polar surface area (TPSA) is 16.4 Å². The fourth-order valence-corrected chi connectivity index (χ4v) is 11.4. The van der Waals surface area contributed by atoms with Crippen molar-refractivity contribution in [1.29, 1.82) is 0 Å². The number of rotatable bonds is 4. The Kier molecular flexibility index (Phi) is 6.74. The largest absolute Gasteiger partial charge is 0.455 e. The molecule has 0 unspecified atom stereocenters. The zero-order valence-corrected chi connectivity index (χ0v) is 33.4. The molecule has 0 radical (unpaired) electrons. The predicted octanol–water partition coefficient (Wildman–Crippen LogP) is 15.4. The van der Waals surface area contributed by atoms with E-state index in [1.165, 1.54) is 66.8 Å². The molecule has 0 aliphatic heterocycles. The average Bonchev–Trinajstić information content (AvgIpc) is 4.00. The Hall–Kier alpha value is -7.42. The van der Waals surface area contributed by atoms with Gasteiger partial charge in [-0.15, -0.1) is 0 Å². The second kappa shape index (κ2) is 12.1. The average molecular weight is 766 g/mol. The molecule has 0 bridgehead atoms. The smallest absolute Gasteiger partial charge is 0.143 e. The van der Waals surface area contributed by atoms with Crippen molar-refractivity contribution < 1.29 is 4.42 Å². The molecule has 0 amide bonds. The summed E-state index contributed by atoms with van der Waals surface area (Å²) in [6.45, 7) is 4.74. The normalized spacial score (nSPS) is 14.4. The Morgan fingerprint density at radius 2 is 0.933 bits per heavy atom. The molecule has 0 fully saturated rings. The molecule has 0 atom stereocenters. The lowest BCUT2D eigenvalue weighted by Crippen LogP contribution is -2.26. The van der Waals surface area contributed by atoms with Gasteiger partial charge in [0.15, 0.2) is 0 Å². The second-order valence-electron chi connectivity index (χ2n) is 17.1. The minimum absolute atomic E-state index is 0.168. The number of hydrogen-bond acceptors (Lipinski definition) is 2. The number of hydrogen-bond donors (Lipinski definition) is 0. The molecule has 2 heteroatoms. The summed E-state index contributed by atoms with van der Waals surface area (Å²) >= 11 is 0. The number of benzene rings is 9. The molecule has 0 saturated carbocycles. The minimum atomic E-state index is -0.457. The van der Waals surface area contributed by atoms with Crippen LogP contribution in [0, 0.1) is 0 Å². The first-order chi connectivity index (χ1) is 29.5. The van der Waals surface area contributed by atoms with Crippen LogP contribution in [-0.4, -0.2) is 0 Å². The van der Waals surface area contributed by atoms with Crippen molar-refractivity contribution in [3.8, 4) is 44.5 Å². The van der Waals surface area contributed by atoms with Gasteiger partial charge in [0.25, 0.3) is 0 Å². The maximum atomic E-state index is 6.93.